The van der Waals surface area contributed by atoms with Gasteiger partial charge in [-0.15, -0.1) is 0 Å². The molecular weight excluding hydrogens is 252 g/mol. The van der Waals surface area contributed by atoms with Crippen molar-refractivity contribution in [2.45, 2.75) is 78.6 Å². The van der Waals surface area contributed by atoms with Crippen LogP contribution in [0.5, 0.6) is 0 Å². The summed E-state index contributed by atoms with van der Waals surface area (Å²) in [5.74, 6) is 0. The summed E-state index contributed by atoms with van der Waals surface area (Å²) >= 11 is 0. The van der Waals surface area contributed by atoms with Crippen LogP contribution in [0.2, 0.25) is 0 Å². The van der Waals surface area contributed by atoms with E-state index in [1.165, 1.54) is 0 Å². The summed E-state index contributed by atoms with van der Waals surface area (Å²) in [7, 11) is 0. The van der Waals surface area contributed by atoms with E-state index in [4.69, 9.17) is 0 Å². The van der Waals surface area contributed by atoms with Crippen molar-refractivity contribution >= 4 is 0 Å². The van der Waals surface area contributed by atoms with E-state index in [1.807, 2.05) is 0 Å². The van der Waals surface area contributed by atoms with Gasteiger partial charge in [0.15, 0.2) is 0 Å². The van der Waals surface area contributed by atoms with Crippen LogP contribution in [0.25, 0.3) is 0 Å². The Bertz CT molecular complexity index is 216. The van der Waals surface area contributed by atoms with Gasteiger partial charge >= 0.3 is 0 Å². The molecule has 0 amide bonds. The Hall–Kier alpha value is -0.120. The van der Waals surface area contributed by atoms with E-state index in [0.717, 1.165) is 57.8 Å². The van der Waals surface area contributed by atoms with Crippen molar-refractivity contribution in [1.29, 1.82) is 0 Å². The van der Waals surface area contributed by atoms with E-state index in [2.05, 4.69) is 20.8 Å². The van der Waals surface area contributed by atoms with Gasteiger partial charge in [0, 0.05) is 17.4 Å². The van der Waals surface area contributed by atoms with Crippen LogP contribution in [0.1, 0.15) is 78.6 Å². The molecule has 0 aliphatic rings. The molecule has 0 aromatic rings. The lowest BCUT2D eigenvalue weighted by atomic mass is 9.57. The van der Waals surface area contributed by atoms with Crippen LogP contribution in [0, 0.1) is 10.8 Å². The minimum atomic E-state index is -0.540. The highest BCUT2D eigenvalue weighted by Gasteiger charge is 2.48. The molecule has 0 aliphatic heterocycles. The van der Waals surface area contributed by atoms with E-state index < -0.39 is 5.41 Å². The standard InChI is InChI=1S/C17H36O3/c1-4-7-10-16(13-18,11-8-5-2)17(14-19,15-20)12-9-6-3/h18-20H,4-15H2,1-3H3. The van der Waals surface area contributed by atoms with Gasteiger partial charge in [0.05, 0.1) is 13.2 Å². The lowest BCUT2D eigenvalue weighted by molar-refractivity contribution is -0.106. The van der Waals surface area contributed by atoms with Crippen molar-refractivity contribution in [3.05, 3.63) is 0 Å². The van der Waals surface area contributed by atoms with Gasteiger partial charge in [-0.2, -0.15) is 0 Å². The summed E-state index contributed by atoms with van der Waals surface area (Å²) < 4.78 is 0. The molecule has 0 rings (SSSR count). The van der Waals surface area contributed by atoms with Crippen molar-refractivity contribution in [2.24, 2.45) is 10.8 Å². The molecule has 0 radical (unpaired) electrons. The molecule has 3 heteroatoms. The largest absolute Gasteiger partial charge is 0.396 e. The quantitative estimate of drug-likeness (QED) is 0.486. The maximum atomic E-state index is 10.1. The lowest BCUT2D eigenvalue weighted by Crippen LogP contribution is -2.50. The fourth-order valence-electron chi connectivity index (χ4n) is 3.34. The molecule has 0 saturated heterocycles. The smallest absolute Gasteiger partial charge is 0.0515 e. The van der Waals surface area contributed by atoms with Gasteiger partial charge in [-0.3, -0.25) is 0 Å². The molecule has 0 heterocycles. The number of hydrogen-bond acceptors (Lipinski definition) is 3. The first-order valence-electron chi connectivity index (χ1n) is 8.44. The first-order valence-corrected chi connectivity index (χ1v) is 8.44. The molecule has 0 fully saturated rings. The van der Waals surface area contributed by atoms with E-state index in [9.17, 15) is 15.3 Å². The van der Waals surface area contributed by atoms with Gasteiger partial charge in [-0.05, 0) is 19.3 Å². The van der Waals surface area contributed by atoms with E-state index in [-0.39, 0.29) is 25.2 Å². The molecule has 0 unspecified atom stereocenters. The highest BCUT2D eigenvalue weighted by Crippen LogP contribution is 2.49. The summed E-state index contributed by atoms with van der Waals surface area (Å²) in [5.41, 5.74) is -0.875. The molecule has 0 bridgehead atoms. The SMILES string of the molecule is CCCCC(CO)(CO)C(CO)(CCCC)CCCC. The highest BCUT2D eigenvalue weighted by atomic mass is 16.3. The Morgan fingerprint density at radius 3 is 1.10 bits per heavy atom. The monoisotopic (exact) mass is 288 g/mol. The number of unbranched alkanes of at least 4 members (excludes halogenated alkanes) is 3. The van der Waals surface area contributed by atoms with Crippen LogP contribution >= 0.6 is 0 Å². The molecule has 0 atom stereocenters. The molecule has 3 nitrogen and oxygen atoms in total. The third-order valence-electron chi connectivity index (χ3n) is 5.06. The Morgan fingerprint density at radius 2 is 0.850 bits per heavy atom. The van der Waals surface area contributed by atoms with Crippen LogP contribution in [0.15, 0.2) is 0 Å². The molecule has 122 valence electrons. The van der Waals surface area contributed by atoms with Crippen molar-refractivity contribution in [1.82, 2.24) is 0 Å². The Balaban J connectivity index is 5.33. The topological polar surface area (TPSA) is 60.7 Å². The molecule has 0 spiro atoms. The first-order chi connectivity index (χ1) is 9.61. The van der Waals surface area contributed by atoms with Gasteiger partial charge in [-0.1, -0.05) is 59.3 Å². The molecule has 20 heavy (non-hydrogen) atoms. The lowest BCUT2D eigenvalue weighted by Gasteiger charge is -2.49. The molecule has 3 N–H and O–H groups in total. The van der Waals surface area contributed by atoms with Crippen molar-refractivity contribution in [2.75, 3.05) is 19.8 Å². The predicted molar refractivity (Wildman–Crippen MR) is 84.7 cm³/mol. The maximum Gasteiger partial charge on any atom is 0.0515 e. The predicted octanol–water partition coefficient (Wildman–Crippen LogP) is 3.51. The van der Waals surface area contributed by atoms with Crippen molar-refractivity contribution in [3.8, 4) is 0 Å². The summed E-state index contributed by atoms with van der Waals surface area (Å²) in [6, 6.07) is 0. The van der Waals surface area contributed by atoms with E-state index in [0.29, 0.717) is 0 Å². The van der Waals surface area contributed by atoms with Gasteiger partial charge in [0.25, 0.3) is 0 Å². The second-order valence-corrected chi connectivity index (χ2v) is 6.35. The van der Waals surface area contributed by atoms with Crippen molar-refractivity contribution in [3.63, 3.8) is 0 Å². The molecule has 0 saturated carbocycles. The fraction of sp³-hybridized carbons (Fsp3) is 1.00. The third-order valence-corrected chi connectivity index (χ3v) is 5.06. The number of hydrogen-bond donors (Lipinski definition) is 3. The van der Waals surface area contributed by atoms with Crippen molar-refractivity contribution < 1.29 is 15.3 Å². The van der Waals surface area contributed by atoms with E-state index >= 15 is 0 Å². The Labute approximate surface area is 125 Å². The number of rotatable bonds is 13. The first kappa shape index (κ1) is 19.9. The minimum Gasteiger partial charge on any atom is -0.396 e. The second kappa shape index (κ2) is 10.6. The van der Waals surface area contributed by atoms with Crippen LogP contribution < -0.4 is 0 Å². The maximum absolute atomic E-state index is 10.1. The number of aliphatic hydroxyl groups excluding tert-OH is 3. The van der Waals surface area contributed by atoms with Crippen LogP contribution in [-0.2, 0) is 0 Å². The molecular formula is C17H36O3. The zero-order chi connectivity index (χ0) is 15.5. The Kier molecular flexibility index (Phi) is 10.5. The third kappa shape index (κ3) is 4.71. The second-order valence-electron chi connectivity index (χ2n) is 6.35. The Morgan fingerprint density at radius 1 is 0.550 bits per heavy atom. The van der Waals surface area contributed by atoms with E-state index in [1.54, 1.807) is 0 Å². The molecule has 0 aromatic carbocycles. The minimum absolute atomic E-state index is 0.0303. The van der Waals surface area contributed by atoms with Crippen LogP contribution in [-0.4, -0.2) is 35.1 Å². The fourth-order valence-corrected chi connectivity index (χ4v) is 3.34. The normalized spacial score (nSPS) is 12.9. The van der Waals surface area contributed by atoms with Gasteiger partial charge < -0.3 is 15.3 Å². The molecule has 0 aromatic heterocycles. The summed E-state index contributed by atoms with van der Waals surface area (Å²) in [4.78, 5) is 0. The van der Waals surface area contributed by atoms with Crippen LogP contribution in [0.4, 0.5) is 0 Å². The summed E-state index contributed by atoms with van der Waals surface area (Å²) in [5, 5.41) is 30.1. The van der Waals surface area contributed by atoms with Crippen LogP contribution in [0.3, 0.4) is 0 Å². The summed E-state index contributed by atoms with van der Waals surface area (Å²) in [6.07, 6.45) is 8.85. The zero-order valence-corrected chi connectivity index (χ0v) is 13.8. The van der Waals surface area contributed by atoms with Gasteiger partial charge in [0.2, 0.25) is 0 Å². The molecule has 0 aliphatic carbocycles. The average Bonchev–Trinajstić information content (AvgIpc) is 2.50. The highest BCUT2D eigenvalue weighted by molar-refractivity contribution is 4.97. The zero-order valence-electron chi connectivity index (χ0n) is 13.8. The average molecular weight is 288 g/mol. The number of aliphatic hydroxyl groups is 3. The summed E-state index contributed by atoms with van der Waals surface area (Å²) in [6.45, 7) is 6.42. The van der Waals surface area contributed by atoms with Gasteiger partial charge in [-0.25, -0.2) is 0 Å². The van der Waals surface area contributed by atoms with Gasteiger partial charge in [0.1, 0.15) is 0 Å².